The van der Waals surface area contributed by atoms with Gasteiger partial charge in [0.25, 0.3) is 5.91 Å². The molecule has 0 bridgehead atoms. The predicted molar refractivity (Wildman–Crippen MR) is 94.0 cm³/mol. The maximum Gasteiger partial charge on any atom is 0.251 e. The van der Waals surface area contributed by atoms with Crippen molar-refractivity contribution in [3.8, 4) is 5.75 Å². The number of benzene rings is 2. The van der Waals surface area contributed by atoms with Crippen molar-refractivity contribution in [2.24, 2.45) is 0 Å². The summed E-state index contributed by atoms with van der Waals surface area (Å²) in [5.41, 5.74) is 4.13. The van der Waals surface area contributed by atoms with E-state index < -0.39 is 0 Å². The Hall–Kier alpha value is -2.29. The van der Waals surface area contributed by atoms with E-state index in [1.54, 1.807) is 12.1 Å². The molecule has 3 nitrogen and oxygen atoms in total. The monoisotopic (exact) mass is 311 g/mol. The molecule has 0 aromatic heterocycles. The standard InChI is InChI=1S/C20H25NO2/c1-13(2)23-18-8-6-7-17(12-18)20(22)21-16(5)19-11-14(3)9-10-15(19)4/h6-13,16H,1-5H3,(H,21,22)/t16-/m1/s1. The zero-order chi connectivity index (χ0) is 17.0. The minimum absolute atomic E-state index is 0.0444. The van der Waals surface area contributed by atoms with Crippen LogP contribution >= 0.6 is 0 Å². The Morgan fingerprint density at radius 3 is 2.48 bits per heavy atom. The third-order valence-electron chi connectivity index (χ3n) is 3.72. The average Bonchev–Trinajstić information content (AvgIpc) is 2.49. The number of hydrogen-bond donors (Lipinski definition) is 1. The zero-order valence-electron chi connectivity index (χ0n) is 14.5. The molecule has 1 atom stereocenters. The van der Waals surface area contributed by atoms with Crippen LogP contribution in [0, 0.1) is 13.8 Å². The maximum atomic E-state index is 12.5. The van der Waals surface area contributed by atoms with Gasteiger partial charge in [-0.05, 0) is 63.9 Å². The van der Waals surface area contributed by atoms with Gasteiger partial charge >= 0.3 is 0 Å². The highest BCUT2D eigenvalue weighted by Gasteiger charge is 2.14. The van der Waals surface area contributed by atoms with Crippen molar-refractivity contribution in [1.29, 1.82) is 0 Å². The van der Waals surface area contributed by atoms with E-state index in [1.165, 1.54) is 11.1 Å². The highest BCUT2D eigenvalue weighted by molar-refractivity contribution is 5.94. The molecule has 23 heavy (non-hydrogen) atoms. The first kappa shape index (κ1) is 17.1. The predicted octanol–water partition coefficient (Wildman–Crippen LogP) is 4.58. The van der Waals surface area contributed by atoms with Crippen LogP contribution < -0.4 is 10.1 Å². The summed E-state index contributed by atoms with van der Waals surface area (Å²) in [7, 11) is 0. The first-order chi connectivity index (χ1) is 10.9. The molecule has 122 valence electrons. The minimum Gasteiger partial charge on any atom is -0.491 e. The Morgan fingerprint density at radius 1 is 1.04 bits per heavy atom. The number of rotatable bonds is 5. The van der Waals surface area contributed by atoms with Crippen molar-refractivity contribution >= 4 is 5.91 Å². The van der Waals surface area contributed by atoms with Crippen molar-refractivity contribution in [1.82, 2.24) is 5.32 Å². The highest BCUT2D eigenvalue weighted by Crippen LogP contribution is 2.20. The van der Waals surface area contributed by atoms with Gasteiger partial charge in [-0.15, -0.1) is 0 Å². The van der Waals surface area contributed by atoms with E-state index in [0.29, 0.717) is 11.3 Å². The van der Waals surface area contributed by atoms with E-state index in [-0.39, 0.29) is 18.1 Å². The van der Waals surface area contributed by atoms with Crippen molar-refractivity contribution in [3.63, 3.8) is 0 Å². The van der Waals surface area contributed by atoms with Gasteiger partial charge in [-0.3, -0.25) is 4.79 Å². The van der Waals surface area contributed by atoms with Gasteiger partial charge in [0, 0.05) is 5.56 Å². The molecule has 1 N–H and O–H groups in total. The fourth-order valence-electron chi connectivity index (χ4n) is 2.57. The van der Waals surface area contributed by atoms with Crippen molar-refractivity contribution in [2.45, 2.75) is 46.8 Å². The maximum absolute atomic E-state index is 12.5. The second-order valence-corrected chi connectivity index (χ2v) is 6.25. The Labute approximate surface area is 138 Å². The van der Waals surface area contributed by atoms with Crippen LogP contribution in [0.3, 0.4) is 0 Å². The Kier molecular flexibility index (Phi) is 5.43. The van der Waals surface area contributed by atoms with Crippen molar-refractivity contribution in [2.75, 3.05) is 0 Å². The lowest BCUT2D eigenvalue weighted by atomic mass is 9.99. The molecule has 0 unspecified atom stereocenters. The van der Waals surface area contributed by atoms with E-state index in [9.17, 15) is 4.79 Å². The molecule has 0 saturated carbocycles. The number of ether oxygens (including phenoxy) is 1. The molecule has 2 aromatic carbocycles. The second-order valence-electron chi connectivity index (χ2n) is 6.25. The Balaban J connectivity index is 2.13. The molecule has 0 aliphatic carbocycles. The molecule has 3 heteroatoms. The third kappa shape index (κ3) is 4.59. The summed E-state index contributed by atoms with van der Waals surface area (Å²) in [6, 6.07) is 13.5. The number of nitrogens with one attached hydrogen (secondary N) is 1. The molecular weight excluding hydrogens is 286 g/mol. The molecule has 2 aromatic rings. The summed E-state index contributed by atoms with van der Waals surface area (Å²) >= 11 is 0. The van der Waals surface area contributed by atoms with Crippen LogP contribution in [-0.4, -0.2) is 12.0 Å². The molecule has 0 aliphatic rings. The lowest BCUT2D eigenvalue weighted by molar-refractivity contribution is 0.0939. The summed E-state index contributed by atoms with van der Waals surface area (Å²) in [5.74, 6) is 0.625. The third-order valence-corrected chi connectivity index (χ3v) is 3.72. The molecule has 0 aliphatic heterocycles. The van der Waals surface area contributed by atoms with Gasteiger partial charge < -0.3 is 10.1 Å². The summed E-state index contributed by atoms with van der Waals surface area (Å²) in [4.78, 5) is 12.5. The molecule has 0 fully saturated rings. The number of carbonyl (C=O) groups is 1. The Bertz CT molecular complexity index is 692. The molecule has 0 saturated heterocycles. The fraction of sp³-hybridized carbons (Fsp3) is 0.350. The van der Waals surface area contributed by atoms with Crippen molar-refractivity contribution < 1.29 is 9.53 Å². The normalized spacial score (nSPS) is 12.1. The van der Waals surface area contributed by atoms with Crippen LogP contribution in [0.15, 0.2) is 42.5 Å². The van der Waals surface area contributed by atoms with E-state index in [1.807, 2.05) is 32.9 Å². The van der Waals surface area contributed by atoms with Crippen LogP contribution in [0.4, 0.5) is 0 Å². The Morgan fingerprint density at radius 2 is 1.78 bits per heavy atom. The molecule has 0 radical (unpaired) electrons. The quantitative estimate of drug-likeness (QED) is 0.877. The van der Waals surface area contributed by atoms with E-state index in [2.05, 4.69) is 37.4 Å². The van der Waals surface area contributed by atoms with Crippen LogP contribution in [-0.2, 0) is 0 Å². The van der Waals surface area contributed by atoms with Gasteiger partial charge in [-0.2, -0.15) is 0 Å². The SMILES string of the molecule is Cc1ccc(C)c([C@@H](C)NC(=O)c2cccc(OC(C)C)c2)c1. The largest absolute Gasteiger partial charge is 0.491 e. The van der Waals surface area contributed by atoms with Gasteiger partial charge in [0.1, 0.15) is 5.75 Å². The van der Waals surface area contributed by atoms with Crippen LogP contribution in [0.1, 0.15) is 53.9 Å². The van der Waals surface area contributed by atoms with Crippen molar-refractivity contribution in [3.05, 3.63) is 64.7 Å². The lowest BCUT2D eigenvalue weighted by Crippen LogP contribution is -2.27. The minimum atomic E-state index is -0.0902. The van der Waals surface area contributed by atoms with Crippen LogP contribution in [0.2, 0.25) is 0 Å². The first-order valence-electron chi connectivity index (χ1n) is 8.01. The average molecular weight is 311 g/mol. The second kappa shape index (κ2) is 7.32. The number of aryl methyl sites for hydroxylation is 2. The van der Waals surface area contributed by atoms with Gasteiger partial charge in [-0.25, -0.2) is 0 Å². The van der Waals surface area contributed by atoms with E-state index >= 15 is 0 Å². The zero-order valence-corrected chi connectivity index (χ0v) is 14.5. The molecule has 0 heterocycles. The van der Waals surface area contributed by atoms with Crippen LogP contribution in [0.25, 0.3) is 0 Å². The lowest BCUT2D eigenvalue weighted by Gasteiger charge is -2.18. The van der Waals surface area contributed by atoms with Gasteiger partial charge in [0.05, 0.1) is 12.1 Å². The van der Waals surface area contributed by atoms with E-state index in [4.69, 9.17) is 4.74 Å². The topological polar surface area (TPSA) is 38.3 Å². The summed E-state index contributed by atoms with van der Waals surface area (Å²) in [5, 5.41) is 3.07. The number of amides is 1. The van der Waals surface area contributed by atoms with Gasteiger partial charge in [0.2, 0.25) is 0 Å². The van der Waals surface area contributed by atoms with Crippen LogP contribution in [0.5, 0.6) is 5.75 Å². The highest BCUT2D eigenvalue weighted by atomic mass is 16.5. The smallest absolute Gasteiger partial charge is 0.251 e. The molecule has 1 amide bonds. The number of carbonyl (C=O) groups excluding carboxylic acids is 1. The van der Waals surface area contributed by atoms with E-state index in [0.717, 1.165) is 5.56 Å². The first-order valence-corrected chi connectivity index (χ1v) is 8.01. The summed E-state index contributed by atoms with van der Waals surface area (Å²) < 4.78 is 5.65. The summed E-state index contributed by atoms with van der Waals surface area (Å²) in [6.07, 6.45) is 0.0854. The summed E-state index contributed by atoms with van der Waals surface area (Å²) in [6.45, 7) is 10.1. The molecule has 2 rings (SSSR count). The number of hydrogen-bond acceptors (Lipinski definition) is 2. The van der Waals surface area contributed by atoms with Gasteiger partial charge in [-0.1, -0.05) is 29.8 Å². The molecular formula is C20H25NO2. The van der Waals surface area contributed by atoms with Gasteiger partial charge in [0.15, 0.2) is 0 Å². The fourth-order valence-corrected chi connectivity index (χ4v) is 2.57. The molecule has 0 spiro atoms.